The molecule has 1 saturated heterocycles. The molecule has 1 N–H and O–H groups in total. The Balaban J connectivity index is 1.76. The van der Waals surface area contributed by atoms with Crippen LogP contribution in [0.4, 0.5) is 0 Å². The summed E-state index contributed by atoms with van der Waals surface area (Å²) in [5.74, 6) is -0.555. The lowest BCUT2D eigenvalue weighted by Gasteiger charge is -2.25. The van der Waals surface area contributed by atoms with Crippen molar-refractivity contribution in [3.8, 4) is 0 Å². The van der Waals surface area contributed by atoms with Crippen LogP contribution < -0.4 is 0 Å². The Labute approximate surface area is 126 Å². The zero-order valence-corrected chi connectivity index (χ0v) is 11.8. The topological polar surface area (TPSA) is 82.5 Å². The molecule has 0 spiro atoms. The summed E-state index contributed by atoms with van der Waals surface area (Å²) < 4.78 is 19.3. The van der Waals surface area contributed by atoms with Gasteiger partial charge in [0.25, 0.3) is 0 Å². The molecular weight excluding hydrogens is 286 g/mol. The number of aromatic nitrogens is 3. The molecule has 114 valence electrons. The summed E-state index contributed by atoms with van der Waals surface area (Å²) in [7, 11) is 0. The van der Waals surface area contributed by atoms with Crippen LogP contribution in [0.2, 0.25) is 0 Å². The minimum atomic E-state index is -1.11. The van der Waals surface area contributed by atoms with Crippen LogP contribution in [0, 0.1) is 0 Å². The molecule has 2 aromatic heterocycles. The average molecular weight is 301 g/mol. The highest BCUT2D eigenvalue weighted by atomic mass is 16.8. The normalized spacial score (nSPS) is 25.0. The van der Waals surface area contributed by atoms with Gasteiger partial charge in [-0.25, -0.2) is 9.67 Å². The van der Waals surface area contributed by atoms with Gasteiger partial charge in [0.2, 0.25) is 5.79 Å². The van der Waals surface area contributed by atoms with Crippen LogP contribution in [0.5, 0.6) is 0 Å². The molecule has 0 bridgehead atoms. The van der Waals surface area contributed by atoms with Gasteiger partial charge in [0.15, 0.2) is 5.76 Å². The van der Waals surface area contributed by atoms with E-state index in [0.29, 0.717) is 18.9 Å². The van der Waals surface area contributed by atoms with E-state index in [0.717, 1.165) is 11.0 Å². The fourth-order valence-corrected chi connectivity index (χ4v) is 2.64. The van der Waals surface area contributed by atoms with Crippen molar-refractivity contribution in [3.63, 3.8) is 0 Å². The lowest BCUT2D eigenvalue weighted by molar-refractivity contribution is -0.202. The molecule has 2 atom stereocenters. The van der Waals surface area contributed by atoms with E-state index in [4.69, 9.17) is 13.9 Å². The minimum absolute atomic E-state index is 0.112. The number of aliphatic hydroxyl groups is 1. The number of ether oxygens (including phenoxy) is 2. The van der Waals surface area contributed by atoms with E-state index < -0.39 is 11.9 Å². The first-order chi connectivity index (χ1) is 10.8. The minimum Gasteiger partial charge on any atom is -0.455 e. The first-order valence-electron chi connectivity index (χ1n) is 7.03. The van der Waals surface area contributed by atoms with Gasteiger partial charge >= 0.3 is 0 Å². The predicted molar refractivity (Wildman–Crippen MR) is 75.8 cm³/mol. The van der Waals surface area contributed by atoms with Crippen LogP contribution in [-0.4, -0.2) is 39.2 Å². The van der Waals surface area contributed by atoms with Crippen LogP contribution in [0.1, 0.15) is 5.76 Å². The van der Waals surface area contributed by atoms with Crippen molar-refractivity contribution in [2.45, 2.75) is 18.4 Å². The van der Waals surface area contributed by atoms with Gasteiger partial charge < -0.3 is 19.0 Å². The van der Waals surface area contributed by atoms with Gasteiger partial charge in [-0.2, -0.15) is 5.10 Å². The Morgan fingerprint density at radius 2 is 2.27 bits per heavy atom. The third kappa shape index (κ3) is 2.19. The molecule has 3 aromatic rings. The van der Waals surface area contributed by atoms with Gasteiger partial charge in [0.05, 0.1) is 13.2 Å². The fourth-order valence-electron chi connectivity index (χ4n) is 2.64. The highest BCUT2D eigenvalue weighted by Gasteiger charge is 2.46. The van der Waals surface area contributed by atoms with Crippen molar-refractivity contribution >= 4 is 11.0 Å². The summed E-state index contributed by atoms with van der Waals surface area (Å²) >= 11 is 0. The van der Waals surface area contributed by atoms with Gasteiger partial charge in [0, 0.05) is 5.39 Å². The Kier molecular flexibility index (Phi) is 3.18. The predicted octanol–water partition coefficient (Wildman–Crippen LogP) is 1.28. The van der Waals surface area contributed by atoms with E-state index in [9.17, 15) is 5.11 Å². The highest BCUT2D eigenvalue weighted by molar-refractivity contribution is 5.77. The number of aliphatic hydroxyl groups excluding tert-OH is 1. The number of furan rings is 1. The van der Waals surface area contributed by atoms with E-state index in [2.05, 4.69) is 10.1 Å². The zero-order valence-electron chi connectivity index (χ0n) is 11.8. The van der Waals surface area contributed by atoms with E-state index in [1.165, 1.54) is 6.33 Å². The molecule has 7 heteroatoms. The zero-order chi connectivity index (χ0) is 15.0. The third-order valence-electron chi connectivity index (χ3n) is 3.70. The van der Waals surface area contributed by atoms with Gasteiger partial charge in [-0.15, -0.1) is 0 Å². The second kappa shape index (κ2) is 5.20. The number of rotatable bonds is 4. The fraction of sp³-hybridized carbons (Fsp3) is 0.333. The average Bonchev–Trinajstić information content (AvgIpc) is 3.26. The van der Waals surface area contributed by atoms with Crippen molar-refractivity contribution in [2.75, 3.05) is 13.2 Å². The third-order valence-corrected chi connectivity index (χ3v) is 3.70. The molecule has 4 rings (SSSR count). The summed E-state index contributed by atoms with van der Waals surface area (Å²) in [5, 5.41) is 14.4. The molecule has 1 fully saturated rings. The molecule has 7 nitrogen and oxygen atoms in total. The van der Waals surface area contributed by atoms with Crippen LogP contribution >= 0.6 is 0 Å². The molecule has 2 unspecified atom stereocenters. The molecule has 22 heavy (non-hydrogen) atoms. The number of fused-ring (bicyclic) bond motifs is 1. The number of benzene rings is 1. The van der Waals surface area contributed by atoms with Crippen LogP contribution in [-0.2, 0) is 21.8 Å². The quantitative estimate of drug-likeness (QED) is 0.782. The number of para-hydroxylation sites is 1. The maximum absolute atomic E-state index is 9.34. The Hall–Kier alpha value is -2.22. The number of hydrogen-bond acceptors (Lipinski definition) is 6. The van der Waals surface area contributed by atoms with Gasteiger partial charge in [0.1, 0.15) is 30.9 Å². The lowest BCUT2D eigenvalue weighted by Crippen LogP contribution is -2.34. The van der Waals surface area contributed by atoms with E-state index in [1.807, 2.05) is 30.3 Å². The lowest BCUT2D eigenvalue weighted by atomic mass is 10.2. The molecule has 1 aliphatic rings. The molecular formula is C15H15N3O4. The Morgan fingerprint density at radius 1 is 1.36 bits per heavy atom. The largest absolute Gasteiger partial charge is 0.455 e. The molecule has 3 heterocycles. The first-order valence-corrected chi connectivity index (χ1v) is 7.03. The molecule has 0 amide bonds. The van der Waals surface area contributed by atoms with E-state index in [-0.39, 0.29) is 6.61 Å². The monoisotopic (exact) mass is 301 g/mol. The maximum Gasteiger partial charge on any atom is 0.249 e. The summed E-state index contributed by atoms with van der Waals surface area (Å²) in [4.78, 5) is 3.93. The van der Waals surface area contributed by atoms with E-state index in [1.54, 1.807) is 11.0 Å². The summed E-state index contributed by atoms with van der Waals surface area (Å²) in [5.41, 5.74) is 0.759. The summed E-state index contributed by atoms with van der Waals surface area (Å²) in [6, 6.07) is 9.60. The second-order valence-corrected chi connectivity index (χ2v) is 5.23. The summed E-state index contributed by atoms with van der Waals surface area (Å²) in [6.45, 7) is 0.477. The van der Waals surface area contributed by atoms with Crippen molar-refractivity contribution < 1.29 is 19.0 Å². The molecule has 1 aliphatic heterocycles. The second-order valence-electron chi connectivity index (χ2n) is 5.23. The van der Waals surface area contributed by atoms with Crippen LogP contribution in [0.3, 0.4) is 0 Å². The van der Waals surface area contributed by atoms with Crippen molar-refractivity contribution in [1.29, 1.82) is 0 Å². The molecule has 0 radical (unpaired) electrons. The Bertz CT molecular complexity index is 737. The van der Waals surface area contributed by atoms with Crippen LogP contribution in [0.25, 0.3) is 11.0 Å². The van der Waals surface area contributed by atoms with Crippen molar-refractivity contribution in [1.82, 2.24) is 14.8 Å². The molecule has 1 aromatic carbocycles. The van der Waals surface area contributed by atoms with E-state index >= 15 is 0 Å². The smallest absolute Gasteiger partial charge is 0.249 e. The standard InChI is InChI=1S/C15H15N3O4/c19-6-12-7-20-15(22-12,8-18-10-16-9-17-18)14-5-11-3-1-2-4-13(11)21-14/h1-5,9-10,12,19H,6-8H2. The van der Waals surface area contributed by atoms with Crippen molar-refractivity contribution in [2.24, 2.45) is 0 Å². The van der Waals surface area contributed by atoms with Crippen LogP contribution in [0.15, 0.2) is 47.4 Å². The number of nitrogens with zero attached hydrogens (tertiary/aromatic N) is 3. The number of hydrogen-bond donors (Lipinski definition) is 1. The first kappa shape index (κ1) is 13.4. The van der Waals surface area contributed by atoms with Crippen molar-refractivity contribution in [3.05, 3.63) is 48.7 Å². The summed E-state index contributed by atoms with van der Waals surface area (Å²) in [6.07, 6.45) is 2.64. The van der Waals surface area contributed by atoms with Gasteiger partial charge in [-0.05, 0) is 12.1 Å². The van der Waals surface area contributed by atoms with Gasteiger partial charge in [-0.3, -0.25) is 0 Å². The van der Waals surface area contributed by atoms with Gasteiger partial charge in [-0.1, -0.05) is 18.2 Å². The Morgan fingerprint density at radius 3 is 3.00 bits per heavy atom. The highest BCUT2D eigenvalue weighted by Crippen LogP contribution is 2.38. The molecule has 0 aliphatic carbocycles. The maximum atomic E-state index is 9.34. The molecule has 0 saturated carbocycles. The SMILES string of the molecule is OCC1COC(Cn2cncn2)(c2cc3ccccc3o2)O1.